The van der Waals surface area contributed by atoms with Crippen LogP contribution in [0.25, 0.3) is 0 Å². The average molecular weight is 186 g/mol. The first-order valence-corrected chi connectivity index (χ1v) is 5.50. The van der Waals surface area contributed by atoms with E-state index in [4.69, 9.17) is 5.11 Å². The Morgan fingerprint density at radius 2 is 1.85 bits per heavy atom. The van der Waals surface area contributed by atoms with Gasteiger partial charge in [-0.25, -0.2) is 0 Å². The van der Waals surface area contributed by atoms with Crippen LogP contribution in [0, 0.1) is 5.41 Å². The Morgan fingerprint density at radius 1 is 1.23 bits per heavy atom. The third kappa shape index (κ3) is 2.68. The molecule has 2 N–H and O–H groups in total. The molecule has 1 atom stereocenters. The Morgan fingerprint density at radius 3 is 2.31 bits per heavy atom. The monoisotopic (exact) mass is 186 g/mol. The first-order chi connectivity index (χ1) is 6.21. The number of aliphatic hydroxyl groups is 2. The van der Waals surface area contributed by atoms with Crippen molar-refractivity contribution >= 4 is 0 Å². The number of hydrogen-bond acceptors (Lipinski definition) is 2. The molecule has 78 valence electrons. The van der Waals surface area contributed by atoms with Crippen LogP contribution in [0.1, 0.15) is 51.9 Å². The molecule has 0 bridgehead atoms. The van der Waals surface area contributed by atoms with Gasteiger partial charge in [-0.15, -0.1) is 0 Å². The van der Waals surface area contributed by atoms with Gasteiger partial charge in [0.1, 0.15) is 0 Å². The smallest absolute Gasteiger partial charge is 0.0568 e. The largest absolute Gasteiger partial charge is 0.396 e. The van der Waals surface area contributed by atoms with Crippen molar-refractivity contribution < 1.29 is 10.2 Å². The van der Waals surface area contributed by atoms with Crippen LogP contribution in [-0.4, -0.2) is 22.9 Å². The second-order valence-corrected chi connectivity index (χ2v) is 4.43. The van der Waals surface area contributed by atoms with Crippen molar-refractivity contribution in [3.8, 4) is 0 Å². The molecule has 0 spiro atoms. The Hall–Kier alpha value is -0.0800. The standard InChI is InChI=1S/C11H22O2/c1-10(13)11(8-5-9-12)6-3-2-4-7-11/h10,12-13H,2-9H2,1H3. The van der Waals surface area contributed by atoms with Gasteiger partial charge in [0.25, 0.3) is 0 Å². The van der Waals surface area contributed by atoms with E-state index in [1.165, 1.54) is 19.3 Å². The second kappa shape index (κ2) is 4.97. The number of rotatable bonds is 4. The summed E-state index contributed by atoms with van der Waals surface area (Å²) in [6, 6.07) is 0. The first kappa shape index (κ1) is 11.0. The summed E-state index contributed by atoms with van der Waals surface area (Å²) in [6.07, 6.45) is 7.71. The predicted molar refractivity (Wildman–Crippen MR) is 53.5 cm³/mol. The van der Waals surface area contributed by atoms with Gasteiger partial charge in [0, 0.05) is 6.61 Å². The van der Waals surface area contributed by atoms with Crippen molar-refractivity contribution in [3.05, 3.63) is 0 Å². The molecule has 2 heteroatoms. The van der Waals surface area contributed by atoms with Crippen LogP contribution in [0.4, 0.5) is 0 Å². The lowest BCUT2D eigenvalue weighted by atomic mass is 9.68. The fraction of sp³-hybridized carbons (Fsp3) is 1.00. The lowest BCUT2D eigenvalue weighted by molar-refractivity contribution is -0.00230. The van der Waals surface area contributed by atoms with Gasteiger partial charge in [-0.05, 0) is 38.0 Å². The quantitative estimate of drug-likeness (QED) is 0.705. The highest BCUT2D eigenvalue weighted by atomic mass is 16.3. The zero-order valence-corrected chi connectivity index (χ0v) is 8.63. The van der Waals surface area contributed by atoms with Gasteiger partial charge in [-0.3, -0.25) is 0 Å². The van der Waals surface area contributed by atoms with Crippen molar-refractivity contribution in [2.45, 2.75) is 58.0 Å². The van der Waals surface area contributed by atoms with E-state index >= 15 is 0 Å². The molecule has 1 fully saturated rings. The van der Waals surface area contributed by atoms with Gasteiger partial charge in [0.2, 0.25) is 0 Å². The summed E-state index contributed by atoms with van der Waals surface area (Å²) >= 11 is 0. The maximum atomic E-state index is 9.77. The van der Waals surface area contributed by atoms with E-state index < -0.39 is 0 Å². The van der Waals surface area contributed by atoms with E-state index in [9.17, 15) is 5.11 Å². The molecule has 1 saturated carbocycles. The molecule has 0 aromatic rings. The van der Waals surface area contributed by atoms with Crippen molar-refractivity contribution in [3.63, 3.8) is 0 Å². The van der Waals surface area contributed by atoms with Gasteiger partial charge in [0.05, 0.1) is 6.10 Å². The predicted octanol–water partition coefficient (Wildman–Crippen LogP) is 2.09. The Bertz CT molecular complexity index is 137. The molecule has 0 amide bonds. The minimum atomic E-state index is -0.209. The summed E-state index contributed by atoms with van der Waals surface area (Å²) in [5.41, 5.74) is 0.126. The van der Waals surface area contributed by atoms with Crippen molar-refractivity contribution in [1.29, 1.82) is 0 Å². The van der Waals surface area contributed by atoms with E-state index in [-0.39, 0.29) is 18.1 Å². The van der Waals surface area contributed by atoms with Crippen LogP contribution in [-0.2, 0) is 0 Å². The van der Waals surface area contributed by atoms with Crippen LogP contribution < -0.4 is 0 Å². The zero-order chi connectivity index (χ0) is 9.73. The lowest BCUT2D eigenvalue weighted by Gasteiger charge is -2.40. The zero-order valence-electron chi connectivity index (χ0n) is 8.63. The van der Waals surface area contributed by atoms with Gasteiger partial charge in [0.15, 0.2) is 0 Å². The molecule has 1 unspecified atom stereocenters. The molecule has 0 aromatic heterocycles. The minimum absolute atomic E-state index is 0.126. The summed E-state index contributed by atoms with van der Waals surface area (Å²) < 4.78 is 0. The van der Waals surface area contributed by atoms with Crippen LogP contribution in [0.2, 0.25) is 0 Å². The second-order valence-electron chi connectivity index (χ2n) is 4.43. The van der Waals surface area contributed by atoms with Crippen LogP contribution in [0.5, 0.6) is 0 Å². The van der Waals surface area contributed by atoms with Crippen molar-refractivity contribution in [2.24, 2.45) is 5.41 Å². The molecule has 1 aliphatic rings. The van der Waals surface area contributed by atoms with E-state index in [1.807, 2.05) is 6.92 Å². The van der Waals surface area contributed by atoms with Gasteiger partial charge in [-0.1, -0.05) is 19.3 Å². The Labute approximate surface area is 81.0 Å². The Kier molecular flexibility index (Phi) is 4.20. The van der Waals surface area contributed by atoms with E-state index in [0.717, 1.165) is 25.7 Å². The third-order valence-corrected chi connectivity index (χ3v) is 3.57. The van der Waals surface area contributed by atoms with E-state index in [0.29, 0.717) is 0 Å². The molecule has 0 aromatic carbocycles. The van der Waals surface area contributed by atoms with Crippen LogP contribution >= 0.6 is 0 Å². The van der Waals surface area contributed by atoms with Gasteiger partial charge < -0.3 is 10.2 Å². The number of aliphatic hydroxyl groups excluding tert-OH is 2. The average Bonchev–Trinajstić information content (AvgIpc) is 2.16. The van der Waals surface area contributed by atoms with Crippen LogP contribution in [0.15, 0.2) is 0 Å². The fourth-order valence-electron chi connectivity index (χ4n) is 2.56. The van der Waals surface area contributed by atoms with Gasteiger partial charge >= 0.3 is 0 Å². The van der Waals surface area contributed by atoms with Gasteiger partial charge in [-0.2, -0.15) is 0 Å². The van der Waals surface area contributed by atoms with Crippen molar-refractivity contribution in [1.82, 2.24) is 0 Å². The molecule has 1 aliphatic carbocycles. The topological polar surface area (TPSA) is 40.5 Å². The number of hydrogen-bond donors (Lipinski definition) is 2. The molecule has 0 radical (unpaired) electrons. The highest BCUT2D eigenvalue weighted by Crippen LogP contribution is 2.42. The SMILES string of the molecule is CC(O)C1(CCCO)CCCCC1. The van der Waals surface area contributed by atoms with Crippen LogP contribution in [0.3, 0.4) is 0 Å². The molecule has 0 saturated heterocycles. The summed E-state index contributed by atoms with van der Waals surface area (Å²) in [7, 11) is 0. The first-order valence-electron chi connectivity index (χ1n) is 5.50. The molecule has 0 aliphatic heterocycles. The fourth-order valence-corrected chi connectivity index (χ4v) is 2.56. The maximum Gasteiger partial charge on any atom is 0.0568 e. The summed E-state index contributed by atoms with van der Waals surface area (Å²) in [5.74, 6) is 0. The molecule has 1 rings (SSSR count). The molecule has 0 heterocycles. The summed E-state index contributed by atoms with van der Waals surface area (Å²) in [4.78, 5) is 0. The highest BCUT2D eigenvalue weighted by molar-refractivity contribution is 4.86. The molecule has 13 heavy (non-hydrogen) atoms. The molecular formula is C11H22O2. The third-order valence-electron chi connectivity index (χ3n) is 3.57. The molecule has 2 nitrogen and oxygen atoms in total. The summed E-state index contributed by atoms with van der Waals surface area (Å²) in [5, 5.41) is 18.6. The van der Waals surface area contributed by atoms with E-state index in [2.05, 4.69) is 0 Å². The minimum Gasteiger partial charge on any atom is -0.396 e. The summed E-state index contributed by atoms with van der Waals surface area (Å²) in [6.45, 7) is 2.16. The normalized spacial score (nSPS) is 24.2. The van der Waals surface area contributed by atoms with Crippen molar-refractivity contribution in [2.75, 3.05) is 6.61 Å². The highest BCUT2D eigenvalue weighted by Gasteiger charge is 2.35. The lowest BCUT2D eigenvalue weighted by Crippen LogP contribution is -2.35. The Balaban J connectivity index is 2.51. The maximum absolute atomic E-state index is 9.77. The van der Waals surface area contributed by atoms with E-state index in [1.54, 1.807) is 0 Å². The molecular weight excluding hydrogens is 164 g/mol.